The Morgan fingerprint density at radius 1 is 1.05 bits per heavy atom. The molecule has 0 fully saturated rings. The maximum atomic E-state index is 9.25. The second-order valence-corrected chi connectivity index (χ2v) is 5.20. The molecule has 0 spiro atoms. The Balaban J connectivity index is 1.87. The Hall–Kier alpha value is -1.84. The summed E-state index contributed by atoms with van der Waals surface area (Å²) < 4.78 is 5.91. The van der Waals surface area contributed by atoms with Crippen molar-refractivity contribution in [2.24, 2.45) is 0 Å². The molecule has 0 aliphatic rings. The molecule has 0 amide bonds. The predicted octanol–water partition coefficient (Wildman–Crippen LogP) is 3.13. The molecular weight excluding hydrogens is 262 g/mol. The Morgan fingerprint density at radius 2 is 1.76 bits per heavy atom. The first-order valence-corrected chi connectivity index (χ1v) is 7.39. The van der Waals surface area contributed by atoms with Crippen molar-refractivity contribution in [2.75, 3.05) is 6.54 Å². The third kappa shape index (κ3) is 5.58. The van der Waals surface area contributed by atoms with Gasteiger partial charge >= 0.3 is 0 Å². The molecule has 0 radical (unpaired) electrons. The monoisotopic (exact) mass is 285 g/mol. The van der Waals surface area contributed by atoms with Crippen LogP contribution >= 0.6 is 0 Å². The number of nitrogens with one attached hydrogen (secondary N) is 1. The molecule has 0 aliphatic heterocycles. The number of para-hydroxylation sites is 1. The van der Waals surface area contributed by atoms with Crippen molar-refractivity contribution in [1.29, 1.82) is 0 Å². The summed E-state index contributed by atoms with van der Waals surface area (Å²) >= 11 is 0. The van der Waals surface area contributed by atoms with E-state index in [1.54, 1.807) is 6.92 Å². The minimum absolute atomic E-state index is 0.262. The summed E-state index contributed by atoms with van der Waals surface area (Å²) in [6.45, 7) is 3.92. The fourth-order valence-corrected chi connectivity index (χ4v) is 2.06. The highest BCUT2D eigenvalue weighted by Crippen LogP contribution is 2.19. The maximum absolute atomic E-state index is 9.25. The number of hydrogen-bond donors (Lipinski definition) is 2. The molecule has 2 N–H and O–H groups in total. The molecule has 2 aromatic rings. The molecule has 0 bridgehead atoms. The van der Waals surface area contributed by atoms with Crippen molar-refractivity contribution in [1.82, 2.24) is 5.32 Å². The average molecular weight is 285 g/mol. The molecule has 112 valence electrons. The highest BCUT2D eigenvalue weighted by molar-refractivity contribution is 5.33. The fourth-order valence-electron chi connectivity index (χ4n) is 2.06. The Bertz CT molecular complexity index is 526. The Morgan fingerprint density at radius 3 is 2.52 bits per heavy atom. The Kier molecular flexibility index (Phi) is 6.25. The summed E-state index contributed by atoms with van der Waals surface area (Å²) in [6.07, 6.45) is 0.495. The molecule has 0 aliphatic carbocycles. The lowest BCUT2D eigenvalue weighted by molar-refractivity contribution is 0.183. The van der Waals surface area contributed by atoms with Crippen LogP contribution in [0.2, 0.25) is 0 Å². The molecule has 2 aromatic carbocycles. The second-order valence-electron chi connectivity index (χ2n) is 5.20. The van der Waals surface area contributed by atoms with E-state index in [0.29, 0.717) is 6.61 Å². The average Bonchev–Trinajstić information content (AvgIpc) is 2.51. The van der Waals surface area contributed by atoms with E-state index in [-0.39, 0.29) is 6.10 Å². The quantitative estimate of drug-likeness (QED) is 0.732. The zero-order valence-electron chi connectivity index (χ0n) is 12.5. The van der Waals surface area contributed by atoms with Crippen molar-refractivity contribution in [3.05, 3.63) is 65.7 Å². The lowest BCUT2D eigenvalue weighted by atomic mass is 10.2. The van der Waals surface area contributed by atoms with Gasteiger partial charge in [0.15, 0.2) is 0 Å². The van der Waals surface area contributed by atoms with Gasteiger partial charge in [-0.2, -0.15) is 0 Å². The van der Waals surface area contributed by atoms with Crippen molar-refractivity contribution >= 4 is 0 Å². The number of ether oxygens (including phenoxy) is 1. The standard InChI is InChI=1S/C18H23NO2/c1-15(20)11-12-19-13-17-9-5-6-10-18(17)21-14-16-7-3-2-4-8-16/h2-10,15,19-20H,11-14H2,1H3. The van der Waals surface area contributed by atoms with Gasteiger partial charge in [-0.3, -0.25) is 0 Å². The Labute approximate surface area is 126 Å². The minimum atomic E-state index is -0.262. The van der Waals surface area contributed by atoms with Gasteiger partial charge in [0, 0.05) is 12.1 Å². The molecule has 21 heavy (non-hydrogen) atoms. The molecular formula is C18H23NO2. The third-order valence-corrected chi connectivity index (χ3v) is 3.26. The van der Waals surface area contributed by atoms with Crippen LogP contribution < -0.4 is 10.1 Å². The van der Waals surface area contributed by atoms with Crippen LogP contribution in [0.1, 0.15) is 24.5 Å². The highest BCUT2D eigenvalue weighted by Gasteiger charge is 2.03. The van der Waals surface area contributed by atoms with E-state index in [0.717, 1.165) is 36.4 Å². The molecule has 0 heterocycles. The molecule has 0 saturated carbocycles. The van der Waals surface area contributed by atoms with Gasteiger partial charge in [0.2, 0.25) is 0 Å². The van der Waals surface area contributed by atoms with E-state index in [2.05, 4.69) is 23.5 Å². The summed E-state index contributed by atoms with van der Waals surface area (Å²) in [7, 11) is 0. The van der Waals surface area contributed by atoms with Crippen molar-refractivity contribution in [3.63, 3.8) is 0 Å². The summed E-state index contributed by atoms with van der Waals surface area (Å²) in [5.41, 5.74) is 2.30. The predicted molar refractivity (Wildman–Crippen MR) is 85.2 cm³/mol. The van der Waals surface area contributed by atoms with E-state index >= 15 is 0 Å². The number of benzene rings is 2. The van der Waals surface area contributed by atoms with E-state index in [9.17, 15) is 5.11 Å². The largest absolute Gasteiger partial charge is 0.489 e. The zero-order valence-corrected chi connectivity index (χ0v) is 12.5. The number of aliphatic hydroxyl groups is 1. The van der Waals surface area contributed by atoms with E-state index in [4.69, 9.17) is 4.74 Å². The lowest BCUT2D eigenvalue weighted by Crippen LogP contribution is -2.19. The van der Waals surface area contributed by atoms with Crippen LogP contribution in [0, 0.1) is 0 Å². The topological polar surface area (TPSA) is 41.5 Å². The molecule has 2 rings (SSSR count). The minimum Gasteiger partial charge on any atom is -0.489 e. The molecule has 1 unspecified atom stereocenters. The smallest absolute Gasteiger partial charge is 0.124 e. The summed E-state index contributed by atoms with van der Waals surface area (Å²) in [6, 6.07) is 18.2. The first-order valence-electron chi connectivity index (χ1n) is 7.39. The van der Waals surface area contributed by atoms with Crippen LogP contribution in [0.15, 0.2) is 54.6 Å². The fraction of sp³-hybridized carbons (Fsp3) is 0.333. The number of rotatable bonds is 8. The summed E-state index contributed by atoms with van der Waals surface area (Å²) in [5, 5.41) is 12.6. The SMILES string of the molecule is CC(O)CCNCc1ccccc1OCc1ccccc1. The van der Waals surface area contributed by atoms with Gasteiger partial charge in [-0.05, 0) is 31.5 Å². The van der Waals surface area contributed by atoms with Crippen molar-refractivity contribution in [2.45, 2.75) is 32.6 Å². The van der Waals surface area contributed by atoms with Gasteiger partial charge < -0.3 is 15.2 Å². The van der Waals surface area contributed by atoms with E-state index in [1.165, 1.54) is 0 Å². The van der Waals surface area contributed by atoms with Gasteiger partial charge in [-0.15, -0.1) is 0 Å². The summed E-state index contributed by atoms with van der Waals surface area (Å²) in [4.78, 5) is 0. The number of aliphatic hydroxyl groups excluding tert-OH is 1. The van der Waals surface area contributed by atoms with Crippen LogP contribution in [0.4, 0.5) is 0 Å². The molecule has 1 atom stereocenters. The van der Waals surface area contributed by atoms with Crippen LogP contribution in [0.25, 0.3) is 0 Å². The van der Waals surface area contributed by atoms with Crippen LogP contribution in [0.3, 0.4) is 0 Å². The molecule has 0 aromatic heterocycles. The first-order chi connectivity index (χ1) is 10.3. The number of hydrogen-bond acceptors (Lipinski definition) is 3. The normalized spacial score (nSPS) is 12.1. The van der Waals surface area contributed by atoms with Crippen molar-refractivity contribution in [3.8, 4) is 5.75 Å². The van der Waals surface area contributed by atoms with Gasteiger partial charge in [0.1, 0.15) is 12.4 Å². The third-order valence-electron chi connectivity index (χ3n) is 3.26. The second kappa shape index (κ2) is 8.45. The molecule has 3 heteroatoms. The van der Waals surface area contributed by atoms with Crippen LogP contribution in [-0.4, -0.2) is 17.8 Å². The van der Waals surface area contributed by atoms with Gasteiger partial charge in [0.05, 0.1) is 6.10 Å². The van der Waals surface area contributed by atoms with Gasteiger partial charge in [-0.25, -0.2) is 0 Å². The zero-order chi connectivity index (χ0) is 14.9. The maximum Gasteiger partial charge on any atom is 0.124 e. The van der Waals surface area contributed by atoms with Gasteiger partial charge in [0.25, 0.3) is 0 Å². The molecule has 3 nitrogen and oxygen atoms in total. The lowest BCUT2D eigenvalue weighted by Gasteiger charge is -2.12. The van der Waals surface area contributed by atoms with Crippen LogP contribution in [0.5, 0.6) is 5.75 Å². The van der Waals surface area contributed by atoms with E-state index < -0.39 is 0 Å². The first kappa shape index (κ1) is 15.5. The van der Waals surface area contributed by atoms with Crippen molar-refractivity contribution < 1.29 is 9.84 Å². The van der Waals surface area contributed by atoms with Crippen LogP contribution in [-0.2, 0) is 13.2 Å². The highest BCUT2D eigenvalue weighted by atomic mass is 16.5. The summed E-state index contributed by atoms with van der Waals surface area (Å²) in [5.74, 6) is 0.908. The van der Waals surface area contributed by atoms with Gasteiger partial charge in [-0.1, -0.05) is 48.5 Å². The van der Waals surface area contributed by atoms with E-state index in [1.807, 2.05) is 36.4 Å². The molecule has 0 saturated heterocycles.